The Morgan fingerprint density at radius 1 is 0.941 bits per heavy atom. The third kappa shape index (κ3) is 6.41. The van der Waals surface area contributed by atoms with Crippen molar-refractivity contribution in [2.75, 3.05) is 33.4 Å². The summed E-state index contributed by atoms with van der Waals surface area (Å²) in [7, 11) is 1.72. The van der Waals surface area contributed by atoms with Gasteiger partial charge in [-0.25, -0.2) is 0 Å². The largest absolute Gasteiger partial charge is 0.383 e. The van der Waals surface area contributed by atoms with E-state index in [4.69, 9.17) is 4.74 Å². The molecule has 0 saturated heterocycles. The van der Waals surface area contributed by atoms with Gasteiger partial charge in [0.15, 0.2) is 0 Å². The Labute approximate surface area is 105 Å². The zero-order valence-corrected chi connectivity index (χ0v) is 11.0. The first-order chi connectivity index (χ1) is 8.36. The van der Waals surface area contributed by atoms with Gasteiger partial charge in [-0.1, -0.05) is 31.2 Å². The number of benzene rings is 1. The summed E-state index contributed by atoms with van der Waals surface area (Å²) in [6.45, 7) is 6.78. The fourth-order valence-corrected chi connectivity index (χ4v) is 1.60. The van der Waals surface area contributed by atoms with Gasteiger partial charge in [-0.2, -0.15) is 0 Å². The lowest BCUT2D eigenvalue weighted by atomic mass is 10.1. The molecule has 17 heavy (non-hydrogen) atoms. The van der Waals surface area contributed by atoms with E-state index in [2.05, 4.69) is 41.8 Å². The quantitative estimate of drug-likeness (QED) is 0.639. The summed E-state index contributed by atoms with van der Waals surface area (Å²) in [6.07, 6.45) is 1.11. The monoisotopic (exact) mass is 236 g/mol. The van der Waals surface area contributed by atoms with Crippen molar-refractivity contribution in [2.24, 2.45) is 0 Å². The first-order valence-electron chi connectivity index (χ1n) is 6.35. The normalized spacial score (nSPS) is 10.7. The van der Waals surface area contributed by atoms with Crippen molar-refractivity contribution in [2.45, 2.75) is 19.9 Å². The molecule has 0 fully saturated rings. The Bertz CT molecular complexity index is 285. The molecular formula is C14H24N2O. The van der Waals surface area contributed by atoms with Crippen molar-refractivity contribution in [3.8, 4) is 0 Å². The molecule has 0 aliphatic rings. The molecule has 96 valence electrons. The number of hydrogen-bond acceptors (Lipinski definition) is 3. The molecular weight excluding hydrogens is 212 g/mol. The molecule has 0 bridgehead atoms. The van der Waals surface area contributed by atoms with Gasteiger partial charge in [0.05, 0.1) is 6.61 Å². The second-order valence-electron chi connectivity index (χ2n) is 4.09. The summed E-state index contributed by atoms with van der Waals surface area (Å²) in [5.41, 5.74) is 2.74. The van der Waals surface area contributed by atoms with E-state index in [-0.39, 0.29) is 0 Å². The van der Waals surface area contributed by atoms with Gasteiger partial charge in [-0.15, -0.1) is 0 Å². The van der Waals surface area contributed by atoms with Crippen molar-refractivity contribution in [3.63, 3.8) is 0 Å². The zero-order valence-electron chi connectivity index (χ0n) is 11.0. The van der Waals surface area contributed by atoms with Gasteiger partial charge in [0.25, 0.3) is 0 Å². The van der Waals surface area contributed by atoms with Gasteiger partial charge in [-0.05, 0) is 17.5 Å². The zero-order chi connectivity index (χ0) is 12.3. The summed E-state index contributed by atoms with van der Waals surface area (Å²) in [4.78, 5) is 0. The maximum absolute atomic E-state index is 4.96. The summed E-state index contributed by atoms with van der Waals surface area (Å²) in [5, 5.41) is 6.72. The van der Waals surface area contributed by atoms with E-state index < -0.39 is 0 Å². The average molecular weight is 236 g/mol. The van der Waals surface area contributed by atoms with Gasteiger partial charge in [0.2, 0.25) is 0 Å². The molecule has 0 aromatic heterocycles. The van der Waals surface area contributed by atoms with Crippen molar-refractivity contribution >= 4 is 0 Å². The smallest absolute Gasteiger partial charge is 0.0587 e. The highest BCUT2D eigenvalue weighted by Gasteiger charge is 1.93. The lowest BCUT2D eigenvalue weighted by Crippen LogP contribution is -2.29. The van der Waals surface area contributed by atoms with Gasteiger partial charge in [0, 0.05) is 33.3 Å². The molecule has 1 rings (SSSR count). The minimum Gasteiger partial charge on any atom is -0.383 e. The van der Waals surface area contributed by atoms with Crippen LogP contribution in [0.3, 0.4) is 0 Å². The molecule has 0 aliphatic carbocycles. The number of ether oxygens (including phenoxy) is 1. The Kier molecular flexibility index (Phi) is 7.63. The van der Waals surface area contributed by atoms with E-state index in [1.165, 1.54) is 11.1 Å². The molecule has 0 saturated carbocycles. The van der Waals surface area contributed by atoms with Gasteiger partial charge in [-0.3, -0.25) is 0 Å². The van der Waals surface area contributed by atoms with Crippen LogP contribution in [0.1, 0.15) is 18.1 Å². The van der Waals surface area contributed by atoms with Crippen LogP contribution in [-0.2, 0) is 17.7 Å². The summed E-state index contributed by atoms with van der Waals surface area (Å²) < 4.78 is 4.96. The molecule has 0 atom stereocenters. The Hall–Kier alpha value is -0.900. The highest BCUT2D eigenvalue weighted by molar-refractivity contribution is 5.22. The standard InChI is InChI=1S/C14H24N2O/c1-3-13-4-6-14(7-5-13)12-16-9-8-15-10-11-17-2/h4-7,15-16H,3,8-12H2,1-2H3. The van der Waals surface area contributed by atoms with Gasteiger partial charge >= 0.3 is 0 Å². The second kappa shape index (κ2) is 9.16. The highest BCUT2D eigenvalue weighted by atomic mass is 16.5. The topological polar surface area (TPSA) is 33.3 Å². The molecule has 1 aromatic carbocycles. The predicted octanol–water partition coefficient (Wildman–Crippen LogP) is 1.57. The van der Waals surface area contributed by atoms with Crippen LogP contribution in [-0.4, -0.2) is 33.4 Å². The molecule has 0 unspecified atom stereocenters. The van der Waals surface area contributed by atoms with Gasteiger partial charge < -0.3 is 15.4 Å². The molecule has 3 heteroatoms. The van der Waals surface area contributed by atoms with Crippen LogP contribution < -0.4 is 10.6 Å². The molecule has 0 heterocycles. The Morgan fingerprint density at radius 2 is 1.59 bits per heavy atom. The van der Waals surface area contributed by atoms with E-state index in [0.717, 1.165) is 39.2 Å². The van der Waals surface area contributed by atoms with Crippen molar-refractivity contribution < 1.29 is 4.74 Å². The SMILES string of the molecule is CCc1ccc(CNCCNCCOC)cc1. The number of nitrogens with one attached hydrogen (secondary N) is 2. The molecule has 0 amide bonds. The fraction of sp³-hybridized carbons (Fsp3) is 0.571. The number of rotatable bonds is 9. The third-order valence-electron chi connectivity index (χ3n) is 2.72. The van der Waals surface area contributed by atoms with Crippen LogP contribution in [0.25, 0.3) is 0 Å². The second-order valence-corrected chi connectivity index (χ2v) is 4.09. The van der Waals surface area contributed by atoms with E-state index in [1.54, 1.807) is 7.11 Å². The lowest BCUT2D eigenvalue weighted by molar-refractivity contribution is 0.199. The minimum absolute atomic E-state index is 0.776. The molecule has 3 nitrogen and oxygen atoms in total. The maximum Gasteiger partial charge on any atom is 0.0587 e. The van der Waals surface area contributed by atoms with Crippen molar-refractivity contribution in [1.82, 2.24) is 10.6 Å². The molecule has 0 aliphatic heterocycles. The average Bonchev–Trinajstić information content (AvgIpc) is 2.38. The number of methoxy groups -OCH3 is 1. The van der Waals surface area contributed by atoms with E-state index in [1.807, 2.05) is 0 Å². The first kappa shape index (κ1) is 14.2. The highest BCUT2D eigenvalue weighted by Crippen LogP contribution is 2.04. The predicted molar refractivity (Wildman–Crippen MR) is 72.3 cm³/mol. The van der Waals surface area contributed by atoms with E-state index in [9.17, 15) is 0 Å². The fourth-order valence-electron chi connectivity index (χ4n) is 1.60. The van der Waals surface area contributed by atoms with Crippen molar-refractivity contribution in [3.05, 3.63) is 35.4 Å². The third-order valence-corrected chi connectivity index (χ3v) is 2.72. The van der Waals surface area contributed by atoms with E-state index in [0.29, 0.717) is 0 Å². The Morgan fingerprint density at radius 3 is 2.24 bits per heavy atom. The lowest BCUT2D eigenvalue weighted by Gasteiger charge is -2.07. The summed E-state index contributed by atoms with van der Waals surface area (Å²) in [6, 6.07) is 8.80. The van der Waals surface area contributed by atoms with Crippen LogP contribution in [0, 0.1) is 0 Å². The number of aryl methyl sites for hydroxylation is 1. The van der Waals surface area contributed by atoms with Crippen LogP contribution in [0.4, 0.5) is 0 Å². The van der Waals surface area contributed by atoms with Crippen LogP contribution >= 0.6 is 0 Å². The van der Waals surface area contributed by atoms with Crippen LogP contribution in [0.15, 0.2) is 24.3 Å². The van der Waals surface area contributed by atoms with Gasteiger partial charge in [0.1, 0.15) is 0 Å². The van der Waals surface area contributed by atoms with Crippen LogP contribution in [0.2, 0.25) is 0 Å². The van der Waals surface area contributed by atoms with Crippen molar-refractivity contribution in [1.29, 1.82) is 0 Å². The Balaban J connectivity index is 2.05. The van der Waals surface area contributed by atoms with Crippen LogP contribution in [0.5, 0.6) is 0 Å². The molecule has 0 spiro atoms. The maximum atomic E-state index is 4.96. The number of hydrogen-bond donors (Lipinski definition) is 2. The first-order valence-corrected chi connectivity index (χ1v) is 6.35. The summed E-state index contributed by atoms with van der Waals surface area (Å²) in [5.74, 6) is 0. The molecule has 1 aromatic rings. The molecule has 0 radical (unpaired) electrons. The summed E-state index contributed by atoms with van der Waals surface area (Å²) >= 11 is 0. The minimum atomic E-state index is 0.776. The molecule has 2 N–H and O–H groups in total. The van der Waals surface area contributed by atoms with E-state index >= 15 is 0 Å².